The number of ketones is 2. The van der Waals surface area contributed by atoms with Crippen molar-refractivity contribution in [2.45, 2.75) is 78.8 Å². The predicted octanol–water partition coefficient (Wildman–Crippen LogP) is 7.50. The Kier molecular flexibility index (Phi) is 8.92. The first-order chi connectivity index (χ1) is 20.7. The number of hydrogen-bond acceptors (Lipinski definition) is 6. The molecule has 3 aromatic carbocycles. The van der Waals surface area contributed by atoms with Crippen molar-refractivity contribution in [1.82, 2.24) is 9.47 Å². The molecular weight excluding hydrogens is 538 g/mol. The zero-order valence-corrected chi connectivity index (χ0v) is 25.9. The lowest BCUT2D eigenvalue weighted by molar-refractivity contribution is -0.155. The molecule has 2 heterocycles. The van der Waals surface area contributed by atoms with Crippen molar-refractivity contribution in [1.29, 1.82) is 0 Å². The number of carbonyl (C=O) groups excluding carboxylic acids is 3. The third-order valence-electron chi connectivity index (χ3n) is 8.76. The van der Waals surface area contributed by atoms with Gasteiger partial charge < -0.3 is 9.40 Å². The van der Waals surface area contributed by atoms with E-state index in [4.69, 9.17) is 4.84 Å². The lowest BCUT2D eigenvalue weighted by atomic mass is 9.97. The van der Waals surface area contributed by atoms with Gasteiger partial charge in [-0.25, -0.2) is 4.79 Å². The van der Waals surface area contributed by atoms with Crippen molar-refractivity contribution in [3.63, 3.8) is 0 Å². The van der Waals surface area contributed by atoms with E-state index >= 15 is 0 Å². The van der Waals surface area contributed by atoms with Crippen LogP contribution in [0.3, 0.4) is 0 Å². The molecule has 0 N–H and O–H groups in total. The van der Waals surface area contributed by atoms with Gasteiger partial charge in [-0.2, -0.15) is 0 Å². The molecule has 5 rings (SSSR count). The van der Waals surface area contributed by atoms with E-state index in [0.717, 1.165) is 72.7 Å². The number of fused-ring (bicyclic) bond motifs is 3. The third kappa shape index (κ3) is 5.91. The number of carbonyl (C=O) groups is 3. The number of unbranched alkanes of at least 4 members (excludes halogenated alkanes) is 1. The molecule has 7 nitrogen and oxygen atoms in total. The van der Waals surface area contributed by atoms with Crippen LogP contribution in [0.2, 0.25) is 0 Å². The first kappa shape index (κ1) is 30.4. The second kappa shape index (κ2) is 12.6. The molecule has 1 fully saturated rings. The van der Waals surface area contributed by atoms with Crippen LogP contribution < -0.4 is 0 Å². The summed E-state index contributed by atoms with van der Waals surface area (Å²) in [5.74, 6) is -0.743. The molecule has 1 aliphatic rings. The van der Waals surface area contributed by atoms with Gasteiger partial charge in [-0.15, -0.1) is 0 Å². The van der Waals surface area contributed by atoms with Crippen LogP contribution in [-0.4, -0.2) is 51.3 Å². The largest absolute Gasteiger partial charge is 0.354 e. The number of nitrogens with zero attached hydrogens (tertiary/aromatic N) is 3. The summed E-state index contributed by atoms with van der Waals surface area (Å²) in [6.45, 7) is 12.2. The monoisotopic (exact) mass is 579 g/mol. The predicted molar refractivity (Wildman–Crippen MR) is 172 cm³/mol. The second-order valence-corrected chi connectivity index (χ2v) is 12.0. The molecule has 4 aromatic rings. The zero-order valence-electron chi connectivity index (χ0n) is 25.9. The molecule has 224 valence electrons. The Bertz CT molecular complexity index is 1720. The maximum atomic E-state index is 13.8. The van der Waals surface area contributed by atoms with Gasteiger partial charge in [0.2, 0.25) is 5.78 Å². The standard InChI is InChI=1S/C36H41N3O4/c1-6-8-15-30(37-43-35(42)36(4,5)38-20-11-12-21-38)34(41)26-17-19-32-29(23-26)28-22-25(16-18-31(28)39(32)7-2)33(40)27-14-10-9-13-24(27)3/h9-10,13-14,16-19,22-23H,6-8,11-12,15,20-21H2,1-5H3/b37-30+. The molecule has 1 saturated heterocycles. The highest BCUT2D eigenvalue weighted by Crippen LogP contribution is 2.32. The summed E-state index contributed by atoms with van der Waals surface area (Å²) in [6, 6.07) is 19.0. The molecule has 0 radical (unpaired) electrons. The Hall–Kier alpha value is -4.10. The SMILES string of the molecule is CCCC/C(=N\OC(=O)C(C)(C)N1CCCC1)C(=O)c1ccc2c(c1)c1cc(C(=O)c3ccccc3C)ccc1n2CC. The van der Waals surface area contributed by atoms with E-state index in [1.807, 2.05) is 88.4 Å². The van der Waals surface area contributed by atoms with E-state index in [-0.39, 0.29) is 17.3 Å². The molecule has 0 unspecified atom stereocenters. The van der Waals surface area contributed by atoms with E-state index in [1.54, 1.807) is 0 Å². The van der Waals surface area contributed by atoms with Gasteiger partial charge in [0.15, 0.2) is 5.78 Å². The first-order valence-electron chi connectivity index (χ1n) is 15.4. The van der Waals surface area contributed by atoms with Gasteiger partial charge in [-0.3, -0.25) is 14.5 Å². The maximum Gasteiger partial charge on any atom is 0.354 e. The Morgan fingerprint density at radius 3 is 2.14 bits per heavy atom. The van der Waals surface area contributed by atoms with E-state index < -0.39 is 11.5 Å². The van der Waals surface area contributed by atoms with Crippen molar-refractivity contribution in [2.75, 3.05) is 13.1 Å². The van der Waals surface area contributed by atoms with Crippen LogP contribution in [0, 0.1) is 6.92 Å². The number of aryl methyl sites for hydroxylation is 2. The lowest BCUT2D eigenvalue weighted by Crippen LogP contribution is -2.49. The minimum Gasteiger partial charge on any atom is -0.341 e. The van der Waals surface area contributed by atoms with Gasteiger partial charge >= 0.3 is 5.97 Å². The van der Waals surface area contributed by atoms with Gasteiger partial charge in [0.1, 0.15) is 11.3 Å². The number of hydrogen-bond donors (Lipinski definition) is 0. The number of likely N-dealkylation sites (tertiary alicyclic amines) is 1. The fourth-order valence-corrected chi connectivity index (χ4v) is 6.04. The lowest BCUT2D eigenvalue weighted by Gasteiger charge is -2.31. The molecule has 0 amide bonds. The minimum absolute atomic E-state index is 0.0303. The fourth-order valence-electron chi connectivity index (χ4n) is 6.04. The highest BCUT2D eigenvalue weighted by atomic mass is 16.7. The van der Waals surface area contributed by atoms with Crippen LogP contribution in [0.1, 0.15) is 91.6 Å². The van der Waals surface area contributed by atoms with E-state index in [2.05, 4.69) is 21.5 Å². The molecule has 0 saturated carbocycles. The Labute approximate surface area is 253 Å². The smallest absolute Gasteiger partial charge is 0.341 e. The van der Waals surface area contributed by atoms with Crippen molar-refractivity contribution >= 4 is 45.1 Å². The van der Waals surface area contributed by atoms with Gasteiger partial charge in [-0.1, -0.05) is 42.8 Å². The topological polar surface area (TPSA) is 81.0 Å². The van der Waals surface area contributed by atoms with Crippen LogP contribution in [0.5, 0.6) is 0 Å². The van der Waals surface area contributed by atoms with E-state index in [9.17, 15) is 14.4 Å². The van der Waals surface area contributed by atoms with Gasteiger partial charge in [0.25, 0.3) is 0 Å². The average Bonchev–Trinajstić information content (AvgIpc) is 3.67. The number of oxime groups is 1. The highest BCUT2D eigenvalue weighted by molar-refractivity contribution is 6.46. The zero-order chi connectivity index (χ0) is 30.7. The summed E-state index contributed by atoms with van der Waals surface area (Å²) in [4.78, 5) is 47.9. The van der Waals surface area contributed by atoms with Crippen molar-refractivity contribution in [2.24, 2.45) is 5.16 Å². The third-order valence-corrected chi connectivity index (χ3v) is 8.76. The van der Waals surface area contributed by atoms with Crippen LogP contribution in [0.4, 0.5) is 0 Å². The van der Waals surface area contributed by atoms with E-state index in [1.165, 1.54) is 0 Å². The van der Waals surface area contributed by atoms with Crippen LogP contribution in [0.25, 0.3) is 21.8 Å². The molecule has 7 heteroatoms. The van der Waals surface area contributed by atoms with Gasteiger partial charge in [-0.05, 0) is 108 Å². The van der Waals surface area contributed by atoms with Crippen molar-refractivity contribution in [3.8, 4) is 0 Å². The minimum atomic E-state index is -0.812. The molecule has 0 bridgehead atoms. The molecule has 0 aliphatic carbocycles. The van der Waals surface area contributed by atoms with Gasteiger partial charge in [0, 0.05) is 45.0 Å². The Morgan fingerprint density at radius 2 is 1.51 bits per heavy atom. The highest BCUT2D eigenvalue weighted by Gasteiger charge is 2.38. The second-order valence-electron chi connectivity index (χ2n) is 12.0. The van der Waals surface area contributed by atoms with Crippen molar-refractivity contribution in [3.05, 3.63) is 82.9 Å². The number of rotatable bonds is 11. The van der Waals surface area contributed by atoms with Crippen LogP contribution >= 0.6 is 0 Å². The quantitative estimate of drug-likeness (QED) is 0.0795. The van der Waals surface area contributed by atoms with Crippen LogP contribution in [0.15, 0.2) is 65.8 Å². The molecule has 0 atom stereocenters. The van der Waals surface area contributed by atoms with Crippen LogP contribution in [-0.2, 0) is 16.2 Å². The summed E-state index contributed by atoms with van der Waals surface area (Å²) in [6.07, 6.45) is 4.15. The first-order valence-corrected chi connectivity index (χ1v) is 15.4. The Morgan fingerprint density at radius 1 is 0.884 bits per heavy atom. The van der Waals surface area contributed by atoms with Gasteiger partial charge in [0.05, 0.1) is 0 Å². The molecular formula is C36H41N3O4. The van der Waals surface area contributed by atoms with Crippen molar-refractivity contribution < 1.29 is 19.2 Å². The summed E-state index contributed by atoms with van der Waals surface area (Å²) in [5.41, 5.74) is 4.10. The number of benzene rings is 3. The molecule has 0 spiro atoms. The Balaban J connectivity index is 1.51. The normalized spacial score (nSPS) is 14.5. The number of Topliss-reactive ketones (excluding diaryl/α,β-unsaturated/α-hetero) is 1. The summed E-state index contributed by atoms with van der Waals surface area (Å²) in [5, 5.41) is 5.97. The molecule has 1 aliphatic heterocycles. The van der Waals surface area contributed by atoms with E-state index in [0.29, 0.717) is 23.1 Å². The molecule has 43 heavy (non-hydrogen) atoms. The summed E-state index contributed by atoms with van der Waals surface area (Å²) < 4.78 is 2.19. The summed E-state index contributed by atoms with van der Waals surface area (Å²) >= 11 is 0. The average molecular weight is 580 g/mol. The maximum absolute atomic E-state index is 13.8. The molecule has 1 aromatic heterocycles. The summed E-state index contributed by atoms with van der Waals surface area (Å²) in [7, 11) is 0. The fraction of sp³-hybridized carbons (Fsp3) is 0.389. The number of aromatic nitrogens is 1.